The Balaban J connectivity index is 2.48. The van der Waals surface area contributed by atoms with Crippen LogP contribution in [-0.4, -0.2) is 49.9 Å². The molecule has 0 aromatic heterocycles. The Morgan fingerprint density at radius 1 is 1.33 bits per heavy atom. The van der Waals surface area contributed by atoms with E-state index in [2.05, 4.69) is 4.90 Å². The molecule has 0 saturated heterocycles. The number of aliphatic hydroxyl groups is 1. The van der Waals surface area contributed by atoms with Crippen molar-refractivity contribution in [1.82, 2.24) is 4.90 Å². The quantitative estimate of drug-likeness (QED) is 0.674. The van der Waals surface area contributed by atoms with E-state index in [1.165, 1.54) is 0 Å². The van der Waals surface area contributed by atoms with Gasteiger partial charge in [0.25, 0.3) is 0 Å². The number of nitrogens with zero attached hydrogens (tertiary/aromatic N) is 1. The van der Waals surface area contributed by atoms with Gasteiger partial charge in [0.15, 0.2) is 0 Å². The predicted octanol–water partition coefficient (Wildman–Crippen LogP) is 0.879. The van der Waals surface area contributed by atoms with Crippen LogP contribution < -0.4 is 10.5 Å². The normalized spacial score (nSPS) is 12.7. The minimum absolute atomic E-state index is 0.00500. The van der Waals surface area contributed by atoms with Crippen LogP contribution in [-0.2, 0) is 6.42 Å². The van der Waals surface area contributed by atoms with Gasteiger partial charge in [0.2, 0.25) is 0 Å². The van der Waals surface area contributed by atoms with Crippen molar-refractivity contribution in [2.24, 2.45) is 5.73 Å². The Morgan fingerprint density at radius 2 is 2.06 bits per heavy atom. The maximum Gasteiger partial charge on any atom is 0.122 e. The van der Waals surface area contributed by atoms with Crippen molar-refractivity contribution in [3.63, 3.8) is 0 Å². The van der Waals surface area contributed by atoms with Crippen LogP contribution in [0.4, 0.5) is 0 Å². The molecule has 4 heteroatoms. The molecule has 0 aliphatic carbocycles. The first kappa shape index (κ1) is 15.0. The first-order valence-electron chi connectivity index (χ1n) is 6.35. The number of hydrogen-bond acceptors (Lipinski definition) is 4. The van der Waals surface area contributed by atoms with Crippen molar-refractivity contribution >= 4 is 0 Å². The Morgan fingerprint density at radius 3 is 2.72 bits per heavy atom. The lowest BCUT2D eigenvalue weighted by molar-refractivity contribution is 0.260. The van der Waals surface area contributed by atoms with Gasteiger partial charge in [0, 0.05) is 12.6 Å². The van der Waals surface area contributed by atoms with Crippen LogP contribution in [0.1, 0.15) is 12.0 Å². The summed E-state index contributed by atoms with van der Waals surface area (Å²) in [7, 11) is 4.10. The van der Waals surface area contributed by atoms with Crippen molar-refractivity contribution in [1.29, 1.82) is 0 Å². The SMILES string of the molecule is CN(C)CCCOc1ccccc1CC(N)CO. The molecule has 0 aliphatic heterocycles. The highest BCUT2D eigenvalue weighted by molar-refractivity contribution is 5.33. The summed E-state index contributed by atoms with van der Waals surface area (Å²) in [6, 6.07) is 7.64. The summed E-state index contributed by atoms with van der Waals surface area (Å²) in [5, 5.41) is 8.99. The lowest BCUT2D eigenvalue weighted by Crippen LogP contribution is -2.27. The molecule has 0 saturated carbocycles. The predicted molar refractivity (Wildman–Crippen MR) is 73.9 cm³/mol. The van der Waals surface area contributed by atoms with Gasteiger partial charge >= 0.3 is 0 Å². The van der Waals surface area contributed by atoms with Crippen LogP contribution in [0, 0.1) is 0 Å². The summed E-state index contributed by atoms with van der Waals surface area (Å²) in [6.45, 7) is 1.71. The number of benzene rings is 1. The molecule has 1 rings (SSSR count). The zero-order chi connectivity index (χ0) is 13.4. The maximum atomic E-state index is 8.99. The van der Waals surface area contributed by atoms with Gasteiger partial charge in [0.1, 0.15) is 5.75 Å². The summed E-state index contributed by atoms with van der Waals surface area (Å²) in [6.07, 6.45) is 1.63. The molecule has 0 aliphatic rings. The van der Waals surface area contributed by atoms with Crippen LogP contribution in [0.5, 0.6) is 5.75 Å². The lowest BCUT2D eigenvalue weighted by Gasteiger charge is -2.15. The van der Waals surface area contributed by atoms with Crippen molar-refractivity contribution in [3.8, 4) is 5.75 Å². The Hall–Kier alpha value is -1.10. The molecule has 0 amide bonds. The Bertz CT molecular complexity index is 342. The topological polar surface area (TPSA) is 58.7 Å². The molecule has 0 fully saturated rings. The van der Waals surface area contributed by atoms with E-state index < -0.39 is 0 Å². The Labute approximate surface area is 109 Å². The molecular weight excluding hydrogens is 228 g/mol. The lowest BCUT2D eigenvalue weighted by atomic mass is 10.1. The molecule has 0 bridgehead atoms. The molecule has 1 unspecified atom stereocenters. The second-order valence-corrected chi connectivity index (χ2v) is 4.76. The van der Waals surface area contributed by atoms with Gasteiger partial charge in [-0.15, -0.1) is 0 Å². The van der Waals surface area contributed by atoms with Crippen LogP contribution in [0.15, 0.2) is 24.3 Å². The van der Waals surface area contributed by atoms with E-state index in [0.29, 0.717) is 13.0 Å². The van der Waals surface area contributed by atoms with Gasteiger partial charge in [-0.3, -0.25) is 0 Å². The molecule has 0 radical (unpaired) electrons. The van der Waals surface area contributed by atoms with Crippen molar-refractivity contribution in [2.75, 3.05) is 33.9 Å². The number of rotatable bonds is 8. The van der Waals surface area contributed by atoms with Crippen molar-refractivity contribution in [2.45, 2.75) is 18.9 Å². The molecule has 18 heavy (non-hydrogen) atoms. The van der Waals surface area contributed by atoms with E-state index in [1.54, 1.807) is 0 Å². The van der Waals surface area contributed by atoms with E-state index in [9.17, 15) is 0 Å². The molecular formula is C14H24N2O2. The van der Waals surface area contributed by atoms with Crippen LogP contribution in [0.2, 0.25) is 0 Å². The minimum Gasteiger partial charge on any atom is -0.493 e. The summed E-state index contributed by atoms with van der Waals surface area (Å²) >= 11 is 0. The second kappa shape index (κ2) is 8.08. The smallest absolute Gasteiger partial charge is 0.122 e. The molecule has 0 heterocycles. The highest BCUT2D eigenvalue weighted by Crippen LogP contribution is 2.19. The number of ether oxygens (including phenoxy) is 1. The van der Waals surface area contributed by atoms with E-state index in [4.69, 9.17) is 15.6 Å². The monoisotopic (exact) mass is 252 g/mol. The van der Waals surface area contributed by atoms with E-state index in [0.717, 1.165) is 24.3 Å². The van der Waals surface area contributed by atoms with Crippen LogP contribution in [0.3, 0.4) is 0 Å². The Kier molecular flexibility index (Phi) is 6.72. The molecule has 1 atom stereocenters. The average molecular weight is 252 g/mol. The van der Waals surface area contributed by atoms with E-state index in [1.807, 2.05) is 38.4 Å². The number of aliphatic hydroxyl groups excluding tert-OH is 1. The van der Waals surface area contributed by atoms with Crippen LogP contribution in [0.25, 0.3) is 0 Å². The number of hydrogen-bond donors (Lipinski definition) is 2. The standard InChI is InChI=1S/C14H24N2O2/c1-16(2)8-5-9-18-14-7-4-3-6-12(14)10-13(15)11-17/h3-4,6-7,13,17H,5,8-11,15H2,1-2H3. The highest BCUT2D eigenvalue weighted by Gasteiger charge is 2.07. The third-order valence-electron chi connectivity index (χ3n) is 2.70. The van der Waals surface area contributed by atoms with E-state index >= 15 is 0 Å². The minimum atomic E-state index is -0.225. The van der Waals surface area contributed by atoms with Gasteiger partial charge in [-0.2, -0.15) is 0 Å². The molecule has 4 nitrogen and oxygen atoms in total. The van der Waals surface area contributed by atoms with Gasteiger partial charge in [-0.25, -0.2) is 0 Å². The maximum absolute atomic E-state index is 8.99. The molecule has 1 aromatic rings. The fourth-order valence-electron chi connectivity index (χ4n) is 1.72. The molecule has 0 spiro atoms. The number of para-hydroxylation sites is 1. The largest absolute Gasteiger partial charge is 0.493 e. The van der Waals surface area contributed by atoms with E-state index in [-0.39, 0.29) is 12.6 Å². The number of nitrogens with two attached hydrogens (primary N) is 1. The zero-order valence-corrected chi connectivity index (χ0v) is 11.3. The fourth-order valence-corrected chi connectivity index (χ4v) is 1.72. The van der Waals surface area contributed by atoms with Gasteiger partial charge < -0.3 is 20.5 Å². The fraction of sp³-hybridized carbons (Fsp3) is 0.571. The molecule has 102 valence electrons. The van der Waals surface area contributed by atoms with Crippen molar-refractivity contribution < 1.29 is 9.84 Å². The third-order valence-corrected chi connectivity index (χ3v) is 2.70. The zero-order valence-electron chi connectivity index (χ0n) is 11.3. The average Bonchev–Trinajstić information content (AvgIpc) is 2.36. The van der Waals surface area contributed by atoms with Gasteiger partial charge in [-0.05, 0) is 38.6 Å². The second-order valence-electron chi connectivity index (χ2n) is 4.76. The van der Waals surface area contributed by atoms with Gasteiger partial charge in [0.05, 0.1) is 13.2 Å². The van der Waals surface area contributed by atoms with Gasteiger partial charge in [-0.1, -0.05) is 18.2 Å². The van der Waals surface area contributed by atoms with Crippen LogP contribution >= 0.6 is 0 Å². The summed E-state index contributed by atoms with van der Waals surface area (Å²) in [4.78, 5) is 2.14. The first-order valence-corrected chi connectivity index (χ1v) is 6.35. The summed E-state index contributed by atoms with van der Waals surface area (Å²) in [5.41, 5.74) is 6.82. The third kappa shape index (κ3) is 5.49. The summed E-state index contributed by atoms with van der Waals surface area (Å²) < 4.78 is 5.77. The molecule has 1 aromatic carbocycles. The first-order chi connectivity index (χ1) is 8.63. The highest BCUT2D eigenvalue weighted by atomic mass is 16.5. The summed E-state index contributed by atoms with van der Waals surface area (Å²) in [5.74, 6) is 0.875. The van der Waals surface area contributed by atoms with Crippen molar-refractivity contribution in [3.05, 3.63) is 29.8 Å². The molecule has 3 N–H and O–H groups in total.